The second kappa shape index (κ2) is 5.68. The number of sulfone groups is 1. The van der Waals surface area contributed by atoms with Gasteiger partial charge in [-0.25, -0.2) is 8.42 Å². The maximum absolute atomic E-state index is 14.5. The molecule has 1 fully saturated rings. The first kappa shape index (κ1) is 17.6. The number of rotatable bonds is 4. The highest BCUT2D eigenvalue weighted by molar-refractivity contribution is 7.97. The van der Waals surface area contributed by atoms with Gasteiger partial charge in [0.15, 0.2) is 0 Å². The summed E-state index contributed by atoms with van der Waals surface area (Å²) >= 11 is 5.68. The summed E-state index contributed by atoms with van der Waals surface area (Å²) in [5.41, 5.74) is -2.97. The minimum atomic E-state index is -3.52. The second-order valence-corrected chi connectivity index (χ2v) is 9.45. The number of carbonyl (C=O) groups excluding carboxylic acids is 1. The maximum Gasteiger partial charge on any atom is 0.373 e. The molecule has 8 heteroatoms. The zero-order valence-corrected chi connectivity index (χ0v) is 15.0. The van der Waals surface area contributed by atoms with Crippen molar-refractivity contribution in [2.24, 2.45) is 5.41 Å². The molecule has 1 amide bonds. The molecule has 24 heavy (non-hydrogen) atoms. The summed E-state index contributed by atoms with van der Waals surface area (Å²) in [5.74, 6) is -0.916. The number of fused-ring (bicyclic) bond motifs is 1. The molecular formula is C16H19ClFNO4S. The van der Waals surface area contributed by atoms with Crippen molar-refractivity contribution in [3.8, 4) is 0 Å². The molecule has 3 rings (SSSR count). The zero-order valence-electron chi connectivity index (χ0n) is 13.4. The first-order valence-electron chi connectivity index (χ1n) is 7.78. The van der Waals surface area contributed by atoms with Crippen molar-refractivity contribution >= 4 is 27.3 Å². The topological polar surface area (TPSA) is 72.5 Å². The molecule has 0 bridgehead atoms. The lowest BCUT2D eigenvalue weighted by Crippen LogP contribution is -2.46. The molecule has 132 valence electrons. The number of carbonyl (C=O) groups is 1. The van der Waals surface area contributed by atoms with Crippen LogP contribution in [0.4, 0.5) is 4.39 Å². The Morgan fingerprint density at radius 1 is 1.46 bits per heavy atom. The van der Waals surface area contributed by atoms with Crippen molar-refractivity contribution in [3.05, 3.63) is 23.8 Å². The number of halogens is 2. The standard InChI is InChI=1S/C16H19ClFNO4S/c1-15(2)8-4-5-10(9-15)23-16(17,18)19-14(20)11-6-3-7-12-13(11)24(12,21)22/h3,6-7,10H,4-5,8-9H2,1-2H3,(H,19,20). The van der Waals surface area contributed by atoms with Crippen LogP contribution in [-0.4, -0.2) is 25.9 Å². The Labute approximate surface area is 145 Å². The van der Waals surface area contributed by atoms with Gasteiger partial charge in [-0.3, -0.25) is 10.1 Å². The Bertz CT molecular complexity index is 791. The molecule has 1 saturated carbocycles. The highest BCUT2D eigenvalue weighted by Gasteiger charge is 2.45. The van der Waals surface area contributed by atoms with E-state index in [1.54, 1.807) is 0 Å². The van der Waals surface area contributed by atoms with Gasteiger partial charge >= 0.3 is 5.44 Å². The number of nitrogens with one attached hydrogen (secondary N) is 1. The van der Waals surface area contributed by atoms with Crippen molar-refractivity contribution in [2.45, 2.75) is 60.9 Å². The van der Waals surface area contributed by atoms with Crippen LogP contribution in [0.25, 0.3) is 0 Å². The Hall–Kier alpha value is -1.18. The van der Waals surface area contributed by atoms with Crippen molar-refractivity contribution < 1.29 is 22.3 Å². The highest BCUT2D eigenvalue weighted by Crippen LogP contribution is 2.43. The van der Waals surface area contributed by atoms with Gasteiger partial charge in [-0.2, -0.15) is 4.39 Å². The van der Waals surface area contributed by atoms with E-state index in [-0.39, 0.29) is 20.8 Å². The van der Waals surface area contributed by atoms with Gasteiger partial charge in [0, 0.05) is 0 Å². The van der Waals surface area contributed by atoms with Crippen LogP contribution in [0.15, 0.2) is 28.0 Å². The largest absolute Gasteiger partial charge is 0.373 e. The quantitative estimate of drug-likeness (QED) is 0.385. The van der Waals surface area contributed by atoms with E-state index in [1.165, 1.54) is 18.2 Å². The van der Waals surface area contributed by atoms with Crippen molar-refractivity contribution in [1.29, 1.82) is 0 Å². The molecule has 1 aromatic rings. The van der Waals surface area contributed by atoms with E-state index in [2.05, 4.69) is 13.8 Å². The van der Waals surface area contributed by atoms with Crippen LogP contribution in [0.1, 0.15) is 49.9 Å². The average molecular weight is 376 g/mol. The van der Waals surface area contributed by atoms with Gasteiger partial charge in [-0.05, 0) is 48.4 Å². The number of amides is 1. The molecule has 1 heterocycles. The lowest BCUT2D eigenvalue weighted by molar-refractivity contribution is -0.151. The van der Waals surface area contributed by atoms with Crippen LogP contribution < -0.4 is 5.32 Å². The lowest BCUT2D eigenvalue weighted by Gasteiger charge is -2.36. The second-order valence-electron chi connectivity index (χ2n) is 7.11. The average Bonchev–Trinajstić information content (AvgIpc) is 2.99. The van der Waals surface area contributed by atoms with Gasteiger partial charge in [0.1, 0.15) is 4.90 Å². The predicted octanol–water partition coefficient (Wildman–Crippen LogP) is 3.37. The smallest absolute Gasteiger partial charge is 0.313 e. The summed E-state index contributed by atoms with van der Waals surface area (Å²) in [5, 5.41) is 1.93. The summed E-state index contributed by atoms with van der Waals surface area (Å²) in [6.45, 7) is 4.14. The van der Waals surface area contributed by atoms with Gasteiger partial charge in [0.25, 0.3) is 5.91 Å². The van der Waals surface area contributed by atoms with Gasteiger partial charge in [-0.1, -0.05) is 26.3 Å². The first-order valence-corrected chi connectivity index (χ1v) is 9.64. The molecule has 2 aliphatic rings. The molecule has 1 N–H and O–H groups in total. The first-order chi connectivity index (χ1) is 11.0. The van der Waals surface area contributed by atoms with Gasteiger partial charge in [-0.15, -0.1) is 0 Å². The maximum atomic E-state index is 14.5. The van der Waals surface area contributed by atoms with Crippen LogP contribution in [-0.2, 0) is 14.6 Å². The molecule has 5 nitrogen and oxygen atoms in total. The van der Waals surface area contributed by atoms with Crippen LogP contribution in [0.3, 0.4) is 0 Å². The van der Waals surface area contributed by atoms with E-state index >= 15 is 0 Å². The Morgan fingerprint density at radius 3 is 2.83 bits per heavy atom. The number of hydrogen-bond donors (Lipinski definition) is 1. The van der Waals surface area contributed by atoms with Crippen molar-refractivity contribution in [2.75, 3.05) is 0 Å². The molecule has 0 aromatic heterocycles. The minimum Gasteiger partial charge on any atom is -0.313 e. The highest BCUT2D eigenvalue weighted by atomic mass is 35.5. The van der Waals surface area contributed by atoms with E-state index in [9.17, 15) is 17.6 Å². The fourth-order valence-electron chi connectivity index (χ4n) is 3.30. The SMILES string of the molecule is CC1(C)CCCC(OC(F)(Cl)NC(=O)c2cccc3c2S3(=O)=O)C1. The molecule has 1 aliphatic heterocycles. The third-order valence-electron chi connectivity index (χ3n) is 4.47. The lowest BCUT2D eigenvalue weighted by atomic mass is 9.76. The van der Waals surface area contributed by atoms with E-state index < -0.39 is 27.3 Å². The van der Waals surface area contributed by atoms with Crippen LogP contribution >= 0.6 is 11.6 Å². The Kier molecular flexibility index (Phi) is 4.17. The molecule has 2 atom stereocenters. The molecule has 1 aromatic carbocycles. The van der Waals surface area contributed by atoms with Crippen LogP contribution in [0, 0.1) is 5.41 Å². The zero-order chi connectivity index (χ0) is 17.8. The molecular weight excluding hydrogens is 357 g/mol. The van der Waals surface area contributed by atoms with Crippen LogP contribution in [0.5, 0.6) is 0 Å². The summed E-state index contributed by atoms with van der Waals surface area (Å²) in [6.07, 6.45) is 2.80. The third kappa shape index (κ3) is 3.43. The molecule has 0 saturated heterocycles. The van der Waals surface area contributed by atoms with Gasteiger partial charge in [0.05, 0.1) is 16.6 Å². The number of hydrogen-bond acceptors (Lipinski definition) is 4. The fraction of sp³-hybridized carbons (Fsp3) is 0.562. The normalized spacial score (nSPS) is 26.1. The summed E-state index contributed by atoms with van der Waals surface area (Å²) in [6, 6.07) is 4.14. The van der Waals surface area contributed by atoms with Crippen molar-refractivity contribution in [1.82, 2.24) is 5.32 Å². The predicted molar refractivity (Wildman–Crippen MR) is 86.2 cm³/mol. The van der Waals surface area contributed by atoms with Gasteiger partial charge in [0.2, 0.25) is 9.84 Å². The summed E-state index contributed by atoms with van der Waals surface area (Å²) in [7, 11) is -3.52. The third-order valence-corrected chi connectivity index (χ3v) is 6.35. The molecule has 0 spiro atoms. The molecule has 1 aliphatic carbocycles. The molecule has 0 radical (unpaired) electrons. The number of benzene rings is 1. The minimum absolute atomic E-state index is 0.0262. The Balaban J connectivity index is 1.68. The number of alkyl halides is 2. The number of ether oxygens (including phenoxy) is 1. The summed E-state index contributed by atoms with van der Waals surface area (Å²) < 4.78 is 43.0. The van der Waals surface area contributed by atoms with E-state index in [1.807, 2.05) is 5.32 Å². The van der Waals surface area contributed by atoms with E-state index in [0.29, 0.717) is 12.8 Å². The fourth-order valence-corrected chi connectivity index (χ4v) is 5.02. The Morgan fingerprint density at radius 2 is 2.17 bits per heavy atom. The van der Waals surface area contributed by atoms with Crippen LogP contribution in [0.2, 0.25) is 0 Å². The van der Waals surface area contributed by atoms with Crippen molar-refractivity contribution in [3.63, 3.8) is 0 Å². The van der Waals surface area contributed by atoms with E-state index in [0.717, 1.165) is 12.8 Å². The van der Waals surface area contributed by atoms with Gasteiger partial charge < -0.3 is 4.74 Å². The monoisotopic (exact) mass is 375 g/mol. The summed E-state index contributed by atoms with van der Waals surface area (Å²) in [4.78, 5) is 12.2. The van der Waals surface area contributed by atoms with E-state index in [4.69, 9.17) is 16.3 Å². The molecule has 2 unspecified atom stereocenters.